The van der Waals surface area contributed by atoms with Crippen LogP contribution in [0.5, 0.6) is 0 Å². The first-order valence-electron chi connectivity index (χ1n) is 16.4. The van der Waals surface area contributed by atoms with Crippen LogP contribution in [0.25, 0.3) is 0 Å². The van der Waals surface area contributed by atoms with Crippen molar-refractivity contribution in [3.8, 4) is 0 Å². The standard InChI is InChI=1S/C37H50N2O3/c1-35(2)14-15-36(3,4)31-22-25(11-12-30(31)35)23-37(5,33(40)38-16-13-24-9-7-6-8-10-24)39(34(41)42)32-28-18-26-17-27(20-28)21-29(32)19-26/h6-12,22,26-29,32H,13-21,23H2,1-5H3,(H,38,40)(H,41,42). The van der Waals surface area contributed by atoms with Crippen LogP contribution in [0.1, 0.15) is 102 Å². The van der Waals surface area contributed by atoms with Gasteiger partial charge in [-0.2, -0.15) is 0 Å². The van der Waals surface area contributed by atoms with E-state index in [4.69, 9.17) is 0 Å². The summed E-state index contributed by atoms with van der Waals surface area (Å²) in [5, 5.41) is 14.1. The predicted octanol–water partition coefficient (Wildman–Crippen LogP) is 7.50. The minimum Gasteiger partial charge on any atom is -0.465 e. The molecule has 226 valence electrons. The molecule has 2 N–H and O–H groups in total. The van der Waals surface area contributed by atoms with Gasteiger partial charge < -0.3 is 10.4 Å². The number of carbonyl (C=O) groups excluding carboxylic acids is 1. The number of nitrogens with zero attached hydrogens (tertiary/aromatic N) is 1. The Morgan fingerprint density at radius 2 is 1.45 bits per heavy atom. The molecule has 0 radical (unpaired) electrons. The Kier molecular flexibility index (Phi) is 7.47. The molecule has 0 saturated heterocycles. The Morgan fingerprint density at radius 3 is 2.05 bits per heavy atom. The summed E-state index contributed by atoms with van der Waals surface area (Å²) in [5.74, 6) is 2.01. The quantitative estimate of drug-likeness (QED) is 0.345. The number of hydrogen-bond donors (Lipinski definition) is 2. The fourth-order valence-electron chi connectivity index (χ4n) is 9.56. The highest BCUT2D eigenvalue weighted by molar-refractivity contribution is 5.90. The fraction of sp³-hybridized carbons (Fsp3) is 0.622. The second kappa shape index (κ2) is 10.7. The van der Waals surface area contributed by atoms with E-state index < -0.39 is 11.6 Å². The van der Waals surface area contributed by atoms with Crippen molar-refractivity contribution in [1.29, 1.82) is 0 Å². The maximum absolute atomic E-state index is 14.3. The average molecular weight is 571 g/mol. The van der Waals surface area contributed by atoms with E-state index in [9.17, 15) is 14.7 Å². The number of rotatable bonds is 8. The molecule has 4 saturated carbocycles. The molecule has 4 bridgehead atoms. The monoisotopic (exact) mass is 570 g/mol. The van der Waals surface area contributed by atoms with E-state index in [1.807, 2.05) is 25.1 Å². The number of nitrogens with one attached hydrogen (secondary N) is 1. The van der Waals surface area contributed by atoms with E-state index in [1.165, 1.54) is 17.5 Å². The second-order valence-electron chi connectivity index (χ2n) is 15.7. The first-order valence-corrected chi connectivity index (χ1v) is 16.4. The molecule has 2 aromatic carbocycles. The first kappa shape index (κ1) is 29.3. The number of amides is 2. The van der Waals surface area contributed by atoms with Gasteiger partial charge in [-0.15, -0.1) is 0 Å². The summed E-state index contributed by atoms with van der Waals surface area (Å²) in [6.45, 7) is 11.7. The van der Waals surface area contributed by atoms with Gasteiger partial charge in [-0.05, 0) is 115 Å². The molecule has 0 spiro atoms. The van der Waals surface area contributed by atoms with E-state index in [2.05, 4.69) is 63.3 Å². The lowest BCUT2D eigenvalue weighted by Crippen LogP contribution is -2.68. The van der Waals surface area contributed by atoms with Gasteiger partial charge in [0.2, 0.25) is 5.91 Å². The van der Waals surface area contributed by atoms with Crippen LogP contribution >= 0.6 is 0 Å². The lowest BCUT2D eigenvalue weighted by Gasteiger charge is -2.59. The van der Waals surface area contributed by atoms with Gasteiger partial charge in [0.15, 0.2) is 0 Å². The van der Waals surface area contributed by atoms with Gasteiger partial charge in [0.25, 0.3) is 0 Å². The number of carboxylic acid groups (broad SMARTS) is 1. The van der Waals surface area contributed by atoms with Gasteiger partial charge >= 0.3 is 6.09 Å². The second-order valence-corrected chi connectivity index (χ2v) is 15.7. The average Bonchev–Trinajstić information content (AvgIpc) is 2.93. The largest absolute Gasteiger partial charge is 0.465 e. The summed E-state index contributed by atoms with van der Waals surface area (Å²) in [7, 11) is 0. The van der Waals surface area contributed by atoms with Gasteiger partial charge in [-0.3, -0.25) is 9.69 Å². The number of carbonyl (C=O) groups is 2. The molecule has 4 fully saturated rings. The van der Waals surface area contributed by atoms with Gasteiger partial charge in [0, 0.05) is 19.0 Å². The van der Waals surface area contributed by atoms with Crippen molar-refractivity contribution < 1.29 is 14.7 Å². The zero-order valence-corrected chi connectivity index (χ0v) is 26.3. The SMILES string of the molecule is CC1(C)CCC(C)(C)c2cc(CC(C)(C(=O)NCCc3ccccc3)N(C(=O)O)C3C4CC5CC(C4)CC3C5)ccc21. The Bertz CT molecular complexity index is 1300. The van der Waals surface area contributed by atoms with Crippen molar-refractivity contribution in [2.45, 2.75) is 115 Å². The molecule has 7 rings (SSSR count). The van der Waals surface area contributed by atoms with E-state index in [0.29, 0.717) is 24.8 Å². The topological polar surface area (TPSA) is 69.6 Å². The Hall–Kier alpha value is -2.82. The molecular weight excluding hydrogens is 520 g/mol. The van der Waals surface area contributed by atoms with E-state index in [-0.39, 0.29) is 22.8 Å². The Morgan fingerprint density at radius 1 is 0.857 bits per heavy atom. The molecule has 0 aliphatic heterocycles. The number of fused-ring (bicyclic) bond motifs is 1. The normalized spacial score (nSPS) is 29.8. The van der Waals surface area contributed by atoms with Crippen molar-refractivity contribution >= 4 is 12.0 Å². The molecular formula is C37H50N2O3. The molecule has 1 unspecified atom stereocenters. The van der Waals surface area contributed by atoms with Crippen molar-refractivity contribution in [3.63, 3.8) is 0 Å². The van der Waals surface area contributed by atoms with Crippen LogP contribution in [-0.4, -0.2) is 40.1 Å². The molecule has 5 nitrogen and oxygen atoms in total. The third-order valence-electron chi connectivity index (χ3n) is 11.7. The smallest absolute Gasteiger partial charge is 0.408 e. The Labute approximate surface area is 252 Å². The first-order chi connectivity index (χ1) is 19.9. The summed E-state index contributed by atoms with van der Waals surface area (Å²) in [6.07, 6.45) is 8.14. The third-order valence-corrected chi connectivity index (χ3v) is 11.7. The summed E-state index contributed by atoms with van der Waals surface area (Å²) in [6, 6.07) is 16.8. The summed E-state index contributed by atoms with van der Waals surface area (Å²) < 4.78 is 0. The maximum Gasteiger partial charge on any atom is 0.408 e. The highest BCUT2D eigenvalue weighted by Crippen LogP contribution is 2.56. The Balaban J connectivity index is 1.35. The number of benzene rings is 2. The molecule has 5 heteroatoms. The van der Waals surface area contributed by atoms with Gasteiger partial charge in [-0.1, -0.05) is 76.2 Å². The molecule has 5 aliphatic carbocycles. The minimum absolute atomic E-state index is 0.0448. The molecule has 2 aromatic rings. The molecule has 1 atom stereocenters. The van der Waals surface area contributed by atoms with Crippen LogP contribution in [0.4, 0.5) is 4.79 Å². The van der Waals surface area contributed by atoms with Crippen molar-refractivity contribution in [3.05, 3.63) is 70.8 Å². The highest BCUT2D eigenvalue weighted by atomic mass is 16.4. The number of hydrogen-bond acceptors (Lipinski definition) is 2. The van der Waals surface area contributed by atoms with E-state index in [0.717, 1.165) is 67.9 Å². The van der Waals surface area contributed by atoms with Gasteiger partial charge in [0.05, 0.1) is 0 Å². The third kappa shape index (κ3) is 5.26. The van der Waals surface area contributed by atoms with Gasteiger partial charge in [0.1, 0.15) is 5.54 Å². The van der Waals surface area contributed by atoms with Crippen LogP contribution < -0.4 is 5.32 Å². The summed E-state index contributed by atoms with van der Waals surface area (Å²) in [4.78, 5) is 29.3. The van der Waals surface area contributed by atoms with E-state index in [1.54, 1.807) is 4.90 Å². The predicted molar refractivity (Wildman–Crippen MR) is 168 cm³/mol. The van der Waals surface area contributed by atoms with Crippen LogP contribution in [0, 0.1) is 23.7 Å². The molecule has 5 aliphatic rings. The maximum atomic E-state index is 14.3. The van der Waals surface area contributed by atoms with Crippen LogP contribution in [0.2, 0.25) is 0 Å². The van der Waals surface area contributed by atoms with Crippen LogP contribution in [0.15, 0.2) is 48.5 Å². The molecule has 0 aromatic heterocycles. The summed E-state index contributed by atoms with van der Waals surface area (Å²) >= 11 is 0. The zero-order valence-electron chi connectivity index (χ0n) is 26.3. The highest BCUT2D eigenvalue weighted by Gasteiger charge is 2.56. The van der Waals surface area contributed by atoms with E-state index >= 15 is 0 Å². The van der Waals surface area contributed by atoms with Crippen molar-refractivity contribution in [2.24, 2.45) is 23.7 Å². The van der Waals surface area contributed by atoms with Crippen LogP contribution in [0.3, 0.4) is 0 Å². The van der Waals surface area contributed by atoms with Crippen LogP contribution in [-0.2, 0) is 28.5 Å². The minimum atomic E-state index is -1.20. The molecule has 2 amide bonds. The lowest BCUT2D eigenvalue weighted by atomic mass is 9.53. The summed E-state index contributed by atoms with van der Waals surface area (Å²) in [5.41, 5.74) is 3.89. The molecule has 0 heterocycles. The van der Waals surface area contributed by atoms with Gasteiger partial charge in [-0.25, -0.2) is 4.79 Å². The fourth-order valence-corrected chi connectivity index (χ4v) is 9.56. The van der Waals surface area contributed by atoms with Crippen molar-refractivity contribution in [2.75, 3.05) is 6.54 Å². The lowest BCUT2D eigenvalue weighted by molar-refractivity contribution is -0.140. The zero-order chi connectivity index (χ0) is 29.9. The van der Waals surface area contributed by atoms with Crippen molar-refractivity contribution in [1.82, 2.24) is 10.2 Å². The molecule has 42 heavy (non-hydrogen) atoms.